The molecule has 12 heteroatoms. The van der Waals surface area contributed by atoms with E-state index in [0.717, 1.165) is 93.8 Å². The summed E-state index contributed by atoms with van der Waals surface area (Å²) in [4.78, 5) is 44.3. The van der Waals surface area contributed by atoms with Crippen LogP contribution in [0.1, 0.15) is 17.8 Å². The van der Waals surface area contributed by atoms with Crippen LogP contribution in [0.4, 0.5) is 0 Å². The summed E-state index contributed by atoms with van der Waals surface area (Å²) in [6.07, 6.45) is 0. The molecule has 0 aliphatic carbocycles. The summed E-state index contributed by atoms with van der Waals surface area (Å²) in [7, 11) is 0. The number of hydrogen-bond donors (Lipinski definition) is 0. The van der Waals surface area contributed by atoms with E-state index < -0.39 is 35.0 Å². The van der Waals surface area contributed by atoms with E-state index in [2.05, 4.69) is 146 Å². The molecule has 0 aliphatic rings. The molecule has 0 bridgehead atoms. The van der Waals surface area contributed by atoms with Crippen molar-refractivity contribution in [2.75, 3.05) is 0 Å². The fourth-order valence-electron chi connectivity index (χ4n) is 16.6. The van der Waals surface area contributed by atoms with E-state index in [-0.39, 0.29) is 115 Å². The zero-order valence-electron chi connectivity index (χ0n) is 79.1. The Morgan fingerprint density at radius 1 is 0.168 bits per heavy atom. The van der Waals surface area contributed by atoms with Gasteiger partial charge < -0.3 is 0 Å². The third kappa shape index (κ3) is 14.1. The average molecular weight is 1800 g/mol. The van der Waals surface area contributed by atoms with Crippen molar-refractivity contribution >= 4 is 155 Å². The maximum atomic E-state index is 9.30. The maximum absolute atomic E-state index is 9.30. The van der Waals surface area contributed by atoms with Gasteiger partial charge in [0.15, 0.2) is 0 Å². The molecule has 125 heavy (non-hydrogen) atoms. The number of aromatic nitrogens is 9. The molecule has 9 nitrogen and oxygen atoms in total. The van der Waals surface area contributed by atoms with Crippen molar-refractivity contribution in [1.29, 1.82) is 0 Å². The van der Waals surface area contributed by atoms with Crippen molar-refractivity contribution in [3.63, 3.8) is 0 Å². The molecule has 0 atom stereocenters. The molecule has 25 aromatic rings. The minimum atomic E-state index is -0.688. The Bertz CT molecular complexity index is 9240. The quantitative estimate of drug-likeness (QED) is 0.0922. The van der Waals surface area contributed by atoms with Gasteiger partial charge in [-0.3, -0.25) is 0 Å². The van der Waals surface area contributed by atoms with Crippen LogP contribution in [0, 0.1) is 0 Å². The number of rotatable bonds is 11. The number of benzene rings is 19. The van der Waals surface area contributed by atoms with Crippen molar-refractivity contribution < 1.29 is 17.8 Å². The zero-order chi connectivity index (χ0) is 94.0. The predicted octanol–water partition coefficient (Wildman–Crippen LogP) is 27.8. The van der Waals surface area contributed by atoms with Gasteiger partial charge in [0.25, 0.3) is 0 Å². The molecule has 0 unspecified atom stereocenters. The molecule has 6 heterocycles. The zero-order valence-corrected chi connectivity index (χ0v) is 71.2. The summed E-state index contributed by atoms with van der Waals surface area (Å²) in [5.74, 6) is 4.02. The molecular formula is C113H69N9Se3. The summed E-state index contributed by atoms with van der Waals surface area (Å²) in [5, 5.41) is 15.1. The summed E-state index contributed by atoms with van der Waals surface area (Å²) in [6.45, 7) is 0. The molecule has 19 aromatic carbocycles. The fraction of sp³-hybridized carbons (Fsp3) is 0. The minimum absolute atomic E-state index is 0.0639. The molecule has 0 radical (unpaired) electrons. The van der Waals surface area contributed by atoms with Crippen molar-refractivity contribution in [3.05, 3.63) is 418 Å². The first-order chi connectivity index (χ1) is 67.4. The van der Waals surface area contributed by atoms with Crippen LogP contribution in [-0.2, 0) is 0 Å². The van der Waals surface area contributed by atoms with E-state index in [1.807, 2.05) is 194 Å². The van der Waals surface area contributed by atoms with Crippen LogP contribution in [0.15, 0.2) is 418 Å². The molecule has 25 rings (SSSR count). The Balaban J connectivity index is 0.000000118. The van der Waals surface area contributed by atoms with Crippen molar-refractivity contribution in [3.8, 4) is 125 Å². The Hall–Kier alpha value is -14.9. The van der Waals surface area contributed by atoms with Crippen LogP contribution < -0.4 is 0 Å². The topological polar surface area (TPSA) is 116 Å². The molecule has 0 saturated carbocycles. The van der Waals surface area contributed by atoms with Crippen molar-refractivity contribution in [1.82, 2.24) is 44.9 Å². The third-order valence-electron chi connectivity index (χ3n) is 22.5. The molecular weight excluding hydrogens is 1720 g/mol. The molecule has 6 aromatic heterocycles. The van der Waals surface area contributed by atoms with Crippen LogP contribution >= 0.6 is 0 Å². The molecule has 0 amide bonds. The summed E-state index contributed by atoms with van der Waals surface area (Å²) in [6, 6.07) is 111. The number of fused-ring (bicyclic) bond motifs is 18. The van der Waals surface area contributed by atoms with Crippen LogP contribution in [0.25, 0.3) is 236 Å². The first kappa shape index (κ1) is 62.2. The second-order valence-electron chi connectivity index (χ2n) is 29.9. The van der Waals surface area contributed by atoms with E-state index >= 15 is 0 Å². The first-order valence-electron chi connectivity index (χ1n) is 47.1. The molecule has 0 N–H and O–H groups in total. The van der Waals surface area contributed by atoms with Gasteiger partial charge in [-0.05, 0) is 0 Å². The summed E-state index contributed by atoms with van der Waals surface area (Å²) < 4.78 is 120. The van der Waals surface area contributed by atoms with Gasteiger partial charge in [-0.15, -0.1) is 0 Å². The van der Waals surface area contributed by atoms with Crippen LogP contribution in [0.3, 0.4) is 0 Å². The van der Waals surface area contributed by atoms with Crippen LogP contribution in [0.5, 0.6) is 0 Å². The Morgan fingerprint density at radius 2 is 0.504 bits per heavy atom. The van der Waals surface area contributed by atoms with Gasteiger partial charge in [0.2, 0.25) is 0 Å². The average Bonchev–Trinajstić information content (AvgIpc) is 1.55. The van der Waals surface area contributed by atoms with Gasteiger partial charge in [0.1, 0.15) is 0 Å². The van der Waals surface area contributed by atoms with E-state index in [1.54, 1.807) is 0 Å². The predicted molar refractivity (Wildman–Crippen MR) is 523 cm³/mol. The van der Waals surface area contributed by atoms with E-state index in [0.29, 0.717) is 73.9 Å². The number of nitrogens with zero attached hydrogens (tertiary/aromatic N) is 9. The summed E-state index contributed by atoms with van der Waals surface area (Å²) in [5.41, 5.74) is 9.99. The van der Waals surface area contributed by atoms with Gasteiger partial charge in [0.05, 0.1) is 0 Å². The summed E-state index contributed by atoms with van der Waals surface area (Å²) >= 11 is -1.15. The molecule has 0 aliphatic heterocycles. The molecule has 0 saturated heterocycles. The van der Waals surface area contributed by atoms with Gasteiger partial charge in [-0.1, -0.05) is 6.07 Å². The second-order valence-corrected chi connectivity index (χ2v) is 36.4. The molecule has 0 fully saturated rings. The monoisotopic (exact) mass is 1800 g/mol. The number of hydrogen-bond acceptors (Lipinski definition) is 9. The second kappa shape index (κ2) is 32.5. The third-order valence-corrected chi connectivity index (χ3v) is 30.0. The normalized spacial score (nSPS) is 13.0. The van der Waals surface area contributed by atoms with Gasteiger partial charge in [0, 0.05) is 0 Å². The Kier molecular flexibility index (Phi) is 16.2. The van der Waals surface area contributed by atoms with E-state index in [4.69, 9.17) is 57.2 Å². The van der Waals surface area contributed by atoms with Gasteiger partial charge in [-0.2, -0.15) is 0 Å². The first-order valence-corrected chi connectivity index (χ1v) is 45.7. The van der Waals surface area contributed by atoms with Crippen LogP contribution in [0.2, 0.25) is 0 Å². The molecule has 584 valence electrons. The van der Waals surface area contributed by atoms with Crippen molar-refractivity contribution in [2.24, 2.45) is 0 Å². The Morgan fingerprint density at radius 3 is 1.07 bits per heavy atom. The van der Waals surface area contributed by atoms with Gasteiger partial charge >= 0.3 is 755 Å². The Labute approximate surface area is 755 Å². The van der Waals surface area contributed by atoms with Crippen molar-refractivity contribution in [2.45, 2.75) is 0 Å². The standard InChI is InChI=1S/C45H27N3Se.C35H21N3Se.C33H21N3Se/c1-3-13-28(14-4-1)43-46-44(29-15-5-2-6-16-29)48-45(47-43)39-24-12-23-38-37-22-11-21-31(41(37)49-42(38)39)30-25-26-36-34-19-8-7-17-32(34)33-18-9-10-20-35(33)40(36)27-30;1-2-11-24(12-3-1)33-36-34(28-17-8-13-23-21-20-22-10-4-5-14-25(22)31(23)28)38-35(37-33)29-18-9-16-27-26-15-6-7-19-30(26)39-32(27)29;1-3-10-22(11-4-1)23-18-20-25(21-19-23)32-34-31(24-12-5-2-6-13-24)35-33(36-32)28-16-9-15-27-26-14-7-8-17-29(26)37-30(27)28/h1-27H;1-21H;1-21H/i11D,12D,21D,22D,23D,24D;;7D,8D,9D,14D,15D,16D,17D. The fourth-order valence-corrected chi connectivity index (χ4v) is 23.9. The SMILES string of the molecule is [2H]c1c([2H])c([2H])c2c([se]c3c(-c4nc(-c5ccccc5)nc(-c5ccc(-c6ccccc6)cc5)n4)c([2H])c([2H])c([2H])c32)c1[2H].[2H]c1c([2H])c([2H])c2c([se]c3c(-c4nc(-c5ccccc5)nc(-c5ccccc5)n4)c([2H])c([2H])c([2H])c32)c1-c1ccc2c3ccccc3c3ccccc3c2c1.c1ccc(-c2nc(-c3cccc4c3[se]c3ccccc34)nc(-c3cccc4ccc5ccccc5c34)n2)cc1. The van der Waals surface area contributed by atoms with E-state index in [1.165, 1.54) is 40.8 Å². The van der Waals surface area contributed by atoms with Gasteiger partial charge in [-0.25, -0.2) is 0 Å². The molecule has 0 spiro atoms. The van der Waals surface area contributed by atoms with E-state index in [9.17, 15) is 5.48 Å². The van der Waals surface area contributed by atoms with Crippen LogP contribution in [-0.4, -0.2) is 88.4 Å².